The number of benzene rings is 1. The van der Waals surface area contributed by atoms with Gasteiger partial charge in [0.05, 0.1) is 0 Å². The van der Waals surface area contributed by atoms with E-state index in [1.165, 1.54) is 31.4 Å². The van der Waals surface area contributed by atoms with Crippen molar-refractivity contribution in [1.82, 2.24) is 4.90 Å². The zero-order valence-electron chi connectivity index (χ0n) is 10.6. The summed E-state index contributed by atoms with van der Waals surface area (Å²) in [6.07, 6.45) is 5.07. The molecular weight excluding hydrogens is 196 g/mol. The molecular formula is C14H24N2. The third-order valence-electron chi connectivity index (χ3n) is 2.91. The quantitative estimate of drug-likeness (QED) is 0.565. The van der Waals surface area contributed by atoms with Crippen LogP contribution in [-0.2, 0) is 6.42 Å². The third kappa shape index (κ3) is 5.17. The van der Waals surface area contributed by atoms with E-state index in [1.807, 2.05) is 12.1 Å². The standard InChI is InChI=1S/C14H24N2/c1-3-4-5-11-16(2)12-10-13-6-8-14(15)9-7-13/h6-9H,3-5,10-12,15H2,1-2H3. The van der Waals surface area contributed by atoms with E-state index in [-0.39, 0.29) is 0 Å². The molecule has 0 radical (unpaired) electrons. The van der Waals surface area contributed by atoms with E-state index in [2.05, 4.69) is 31.0 Å². The van der Waals surface area contributed by atoms with Crippen LogP contribution in [-0.4, -0.2) is 25.0 Å². The maximum absolute atomic E-state index is 5.65. The number of nitrogens with zero attached hydrogens (tertiary/aromatic N) is 1. The van der Waals surface area contributed by atoms with Crippen LogP contribution in [0.2, 0.25) is 0 Å². The van der Waals surface area contributed by atoms with Crippen molar-refractivity contribution >= 4 is 5.69 Å². The second-order valence-electron chi connectivity index (χ2n) is 4.50. The van der Waals surface area contributed by atoms with Crippen LogP contribution in [0.5, 0.6) is 0 Å². The smallest absolute Gasteiger partial charge is 0.0314 e. The predicted molar refractivity (Wildman–Crippen MR) is 71.6 cm³/mol. The highest BCUT2D eigenvalue weighted by molar-refractivity contribution is 5.39. The number of nitrogen functional groups attached to an aromatic ring is 1. The summed E-state index contributed by atoms with van der Waals surface area (Å²) >= 11 is 0. The van der Waals surface area contributed by atoms with Gasteiger partial charge < -0.3 is 10.6 Å². The Kier molecular flexibility index (Phi) is 5.94. The summed E-state index contributed by atoms with van der Waals surface area (Å²) < 4.78 is 0. The Morgan fingerprint density at radius 3 is 2.38 bits per heavy atom. The topological polar surface area (TPSA) is 29.3 Å². The van der Waals surface area contributed by atoms with Crippen molar-refractivity contribution in [2.45, 2.75) is 32.6 Å². The zero-order valence-corrected chi connectivity index (χ0v) is 10.6. The van der Waals surface area contributed by atoms with Gasteiger partial charge in [0, 0.05) is 12.2 Å². The van der Waals surface area contributed by atoms with E-state index < -0.39 is 0 Å². The van der Waals surface area contributed by atoms with Crippen molar-refractivity contribution in [2.24, 2.45) is 0 Å². The van der Waals surface area contributed by atoms with Crippen molar-refractivity contribution in [3.63, 3.8) is 0 Å². The van der Waals surface area contributed by atoms with Crippen molar-refractivity contribution in [1.29, 1.82) is 0 Å². The predicted octanol–water partition coefficient (Wildman–Crippen LogP) is 2.93. The van der Waals surface area contributed by atoms with Crippen molar-refractivity contribution in [3.8, 4) is 0 Å². The second kappa shape index (κ2) is 7.29. The van der Waals surface area contributed by atoms with Crippen molar-refractivity contribution < 1.29 is 0 Å². The number of nitrogens with two attached hydrogens (primary N) is 1. The molecule has 90 valence electrons. The molecule has 1 rings (SSSR count). The number of anilines is 1. The molecule has 0 saturated carbocycles. The molecule has 0 amide bonds. The van der Waals surface area contributed by atoms with Gasteiger partial charge in [-0.3, -0.25) is 0 Å². The molecule has 0 aromatic heterocycles. The molecule has 1 aromatic rings. The van der Waals surface area contributed by atoms with E-state index in [0.29, 0.717) is 0 Å². The summed E-state index contributed by atoms with van der Waals surface area (Å²) in [6.45, 7) is 4.59. The van der Waals surface area contributed by atoms with Gasteiger partial charge in [-0.25, -0.2) is 0 Å². The van der Waals surface area contributed by atoms with Crippen molar-refractivity contribution in [2.75, 3.05) is 25.9 Å². The van der Waals surface area contributed by atoms with Crippen LogP contribution in [0.3, 0.4) is 0 Å². The average molecular weight is 220 g/mol. The summed E-state index contributed by atoms with van der Waals surface area (Å²) in [4.78, 5) is 2.41. The molecule has 0 heterocycles. The van der Waals surface area contributed by atoms with Gasteiger partial charge in [-0.15, -0.1) is 0 Å². The molecule has 16 heavy (non-hydrogen) atoms. The van der Waals surface area contributed by atoms with Gasteiger partial charge in [0.1, 0.15) is 0 Å². The van der Waals surface area contributed by atoms with Crippen LogP contribution in [0.25, 0.3) is 0 Å². The highest BCUT2D eigenvalue weighted by Gasteiger charge is 1.99. The molecule has 2 heteroatoms. The van der Waals surface area contributed by atoms with E-state index in [0.717, 1.165) is 18.7 Å². The number of rotatable bonds is 7. The lowest BCUT2D eigenvalue weighted by Crippen LogP contribution is -2.22. The fourth-order valence-electron chi connectivity index (χ4n) is 1.75. The molecule has 0 fully saturated rings. The number of hydrogen-bond acceptors (Lipinski definition) is 2. The van der Waals surface area contributed by atoms with E-state index >= 15 is 0 Å². The molecule has 0 atom stereocenters. The Bertz CT molecular complexity index is 279. The fourth-order valence-corrected chi connectivity index (χ4v) is 1.75. The summed E-state index contributed by atoms with van der Waals surface area (Å²) in [5, 5.41) is 0. The molecule has 1 aromatic carbocycles. The number of likely N-dealkylation sites (N-methyl/N-ethyl adjacent to an activating group) is 1. The number of unbranched alkanes of at least 4 members (excludes halogenated alkanes) is 2. The minimum Gasteiger partial charge on any atom is -0.399 e. The average Bonchev–Trinajstić information content (AvgIpc) is 2.29. The first-order valence-corrected chi connectivity index (χ1v) is 6.25. The second-order valence-corrected chi connectivity index (χ2v) is 4.50. The molecule has 2 nitrogen and oxygen atoms in total. The van der Waals surface area contributed by atoms with E-state index in [4.69, 9.17) is 5.73 Å². The van der Waals surface area contributed by atoms with Crippen LogP contribution in [0.1, 0.15) is 31.7 Å². The van der Waals surface area contributed by atoms with Gasteiger partial charge in [0.2, 0.25) is 0 Å². The fraction of sp³-hybridized carbons (Fsp3) is 0.571. The lowest BCUT2D eigenvalue weighted by molar-refractivity contribution is 0.329. The van der Waals surface area contributed by atoms with Gasteiger partial charge >= 0.3 is 0 Å². The minimum atomic E-state index is 0.847. The molecule has 0 saturated heterocycles. The van der Waals surface area contributed by atoms with Gasteiger partial charge in [0.15, 0.2) is 0 Å². The van der Waals surface area contributed by atoms with E-state index in [9.17, 15) is 0 Å². The Balaban J connectivity index is 2.20. The van der Waals surface area contributed by atoms with Gasteiger partial charge in [-0.05, 0) is 44.1 Å². The lowest BCUT2D eigenvalue weighted by atomic mass is 10.1. The van der Waals surface area contributed by atoms with E-state index in [1.54, 1.807) is 0 Å². The Labute approximate surface area is 99.5 Å². The largest absolute Gasteiger partial charge is 0.399 e. The lowest BCUT2D eigenvalue weighted by Gasteiger charge is -2.16. The van der Waals surface area contributed by atoms with Gasteiger partial charge in [-0.1, -0.05) is 31.9 Å². The Morgan fingerprint density at radius 1 is 1.06 bits per heavy atom. The highest BCUT2D eigenvalue weighted by atomic mass is 15.1. The molecule has 0 unspecified atom stereocenters. The first kappa shape index (κ1) is 13.0. The SMILES string of the molecule is CCCCCN(C)CCc1ccc(N)cc1. The molecule has 0 aliphatic rings. The monoisotopic (exact) mass is 220 g/mol. The zero-order chi connectivity index (χ0) is 11.8. The number of hydrogen-bond donors (Lipinski definition) is 1. The van der Waals surface area contributed by atoms with Gasteiger partial charge in [0.25, 0.3) is 0 Å². The molecule has 2 N–H and O–H groups in total. The first-order chi connectivity index (χ1) is 7.72. The van der Waals surface area contributed by atoms with Crippen molar-refractivity contribution in [3.05, 3.63) is 29.8 Å². The summed E-state index contributed by atoms with van der Waals surface area (Å²) in [6, 6.07) is 8.20. The Morgan fingerprint density at radius 2 is 1.75 bits per heavy atom. The minimum absolute atomic E-state index is 0.847. The van der Waals surface area contributed by atoms with Crippen LogP contribution >= 0.6 is 0 Å². The maximum Gasteiger partial charge on any atom is 0.0314 e. The summed E-state index contributed by atoms with van der Waals surface area (Å²) in [7, 11) is 2.20. The van der Waals surface area contributed by atoms with Crippen LogP contribution in [0.15, 0.2) is 24.3 Å². The highest BCUT2D eigenvalue weighted by Crippen LogP contribution is 2.06. The maximum atomic E-state index is 5.65. The first-order valence-electron chi connectivity index (χ1n) is 6.25. The normalized spacial score (nSPS) is 10.9. The van der Waals surface area contributed by atoms with Crippen LogP contribution in [0, 0.1) is 0 Å². The summed E-state index contributed by atoms with van der Waals surface area (Å²) in [5.41, 5.74) is 7.87. The van der Waals surface area contributed by atoms with Crippen LogP contribution in [0.4, 0.5) is 5.69 Å². The summed E-state index contributed by atoms with van der Waals surface area (Å²) in [5.74, 6) is 0. The molecule has 0 aliphatic heterocycles. The molecule has 0 spiro atoms. The Hall–Kier alpha value is -1.02. The van der Waals surface area contributed by atoms with Gasteiger partial charge in [-0.2, -0.15) is 0 Å². The van der Waals surface area contributed by atoms with Crippen LogP contribution < -0.4 is 5.73 Å². The third-order valence-corrected chi connectivity index (χ3v) is 2.91. The molecule has 0 bridgehead atoms. The molecule has 0 aliphatic carbocycles.